The predicted molar refractivity (Wildman–Crippen MR) is 105 cm³/mol. The van der Waals surface area contributed by atoms with Crippen molar-refractivity contribution in [2.75, 3.05) is 26.3 Å². The summed E-state index contributed by atoms with van der Waals surface area (Å²) in [6.45, 7) is 3.05. The van der Waals surface area contributed by atoms with E-state index in [1.807, 2.05) is 18.2 Å². The number of likely N-dealkylation sites (tertiary alicyclic amines) is 1. The van der Waals surface area contributed by atoms with Crippen LogP contribution in [0.3, 0.4) is 0 Å². The molecule has 2 atom stereocenters. The number of aliphatic carboxylic acids is 1. The van der Waals surface area contributed by atoms with Gasteiger partial charge in [0.15, 0.2) is 0 Å². The highest BCUT2D eigenvalue weighted by Gasteiger charge is 2.55. The Morgan fingerprint density at radius 1 is 1.28 bits per heavy atom. The van der Waals surface area contributed by atoms with Crippen molar-refractivity contribution in [1.82, 2.24) is 4.90 Å². The molecular formula is C23H24FNO4. The van der Waals surface area contributed by atoms with Gasteiger partial charge in [-0.15, -0.1) is 0 Å². The first-order valence-electron chi connectivity index (χ1n) is 9.84. The van der Waals surface area contributed by atoms with E-state index in [2.05, 4.69) is 0 Å². The number of carbonyl (C=O) groups is 2. The Hall–Kier alpha value is -2.73. The summed E-state index contributed by atoms with van der Waals surface area (Å²) in [5.41, 5.74) is 1.78. The molecule has 0 unspecified atom stereocenters. The molecule has 152 valence electrons. The van der Waals surface area contributed by atoms with Gasteiger partial charge in [0.2, 0.25) is 0 Å². The van der Waals surface area contributed by atoms with Crippen molar-refractivity contribution in [3.05, 3.63) is 70.5 Å². The van der Waals surface area contributed by atoms with E-state index >= 15 is 0 Å². The number of hydrogen-bond donors (Lipinski definition) is 1. The zero-order chi connectivity index (χ0) is 20.6. The van der Waals surface area contributed by atoms with E-state index in [4.69, 9.17) is 4.74 Å². The molecule has 0 radical (unpaired) electrons. The largest absolute Gasteiger partial charge is 0.481 e. The third-order valence-electron chi connectivity index (χ3n) is 6.30. The average Bonchev–Trinajstić information content (AvgIpc) is 3.12. The van der Waals surface area contributed by atoms with E-state index in [9.17, 15) is 19.1 Å². The number of carboxylic acid groups (broad SMARTS) is 1. The summed E-state index contributed by atoms with van der Waals surface area (Å²) >= 11 is 0. The third kappa shape index (κ3) is 3.53. The number of rotatable bonds is 4. The quantitative estimate of drug-likeness (QED) is 0.860. The zero-order valence-electron chi connectivity index (χ0n) is 16.4. The second kappa shape index (κ2) is 7.59. The third-order valence-corrected chi connectivity index (χ3v) is 6.30. The molecule has 2 aliphatic rings. The highest BCUT2D eigenvalue weighted by atomic mass is 19.1. The molecule has 1 N–H and O–H groups in total. The van der Waals surface area contributed by atoms with Crippen LogP contribution < -0.4 is 0 Å². The number of amides is 1. The Morgan fingerprint density at radius 2 is 2.07 bits per heavy atom. The molecular weight excluding hydrogens is 373 g/mol. The van der Waals surface area contributed by atoms with E-state index in [0.717, 1.165) is 11.1 Å². The maximum atomic E-state index is 13.9. The van der Waals surface area contributed by atoms with E-state index in [1.54, 1.807) is 30.0 Å². The number of carbonyl (C=O) groups excluding carboxylic acids is 1. The minimum absolute atomic E-state index is 0.178. The van der Waals surface area contributed by atoms with Crippen molar-refractivity contribution in [2.24, 2.45) is 11.3 Å². The zero-order valence-corrected chi connectivity index (χ0v) is 16.4. The van der Waals surface area contributed by atoms with Gasteiger partial charge in [0, 0.05) is 31.2 Å². The van der Waals surface area contributed by atoms with Gasteiger partial charge in [0.1, 0.15) is 5.82 Å². The van der Waals surface area contributed by atoms with Crippen molar-refractivity contribution < 1.29 is 23.8 Å². The van der Waals surface area contributed by atoms with Gasteiger partial charge in [-0.25, -0.2) is 4.39 Å². The molecule has 0 spiro atoms. The molecule has 6 heteroatoms. The lowest BCUT2D eigenvalue weighted by atomic mass is 9.74. The lowest BCUT2D eigenvalue weighted by Crippen LogP contribution is -2.45. The number of benzene rings is 2. The fourth-order valence-electron chi connectivity index (χ4n) is 4.47. The van der Waals surface area contributed by atoms with Gasteiger partial charge < -0.3 is 14.7 Å². The minimum atomic E-state index is -0.928. The molecule has 0 aliphatic carbocycles. The molecule has 29 heavy (non-hydrogen) atoms. The summed E-state index contributed by atoms with van der Waals surface area (Å²) < 4.78 is 19.4. The smallest absolute Gasteiger partial charge is 0.311 e. The lowest BCUT2D eigenvalue weighted by molar-refractivity contribution is -0.157. The fraction of sp³-hybridized carbons (Fsp3) is 0.391. The minimum Gasteiger partial charge on any atom is -0.481 e. The second-order valence-corrected chi connectivity index (χ2v) is 8.09. The van der Waals surface area contributed by atoms with Crippen molar-refractivity contribution >= 4 is 11.9 Å². The summed E-state index contributed by atoms with van der Waals surface area (Å²) in [5.74, 6) is -1.50. The molecule has 2 saturated heterocycles. The Balaban J connectivity index is 1.60. The number of carboxylic acids is 1. The van der Waals surface area contributed by atoms with E-state index in [-0.39, 0.29) is 24.2 Å². The van der Waals surface area contributed by atoms with Crippen LogP contribution in [0.2, 0.25) is 0 Å². The van der Waals surface area contributed by atoms with Crippen LogP contribution in [0, 0.1) is 24.1 Å². The maximum Gasteiger partial charge on any atom is 0.311 e. The first-order valence-corrected chi connectivity index (χ1v) is 9.84. The molecule has 2 aromatic carbocycles. The molecule has 5 nitrogen and oxygen atoms in total. The monoisotopic (exact) mass is 397 g/mol. The summed E-state index contributed by atoms with van der Waals surface area (Å²) in [6, 6.07) is 12.4. The van der Waals surface area contributed by atoms with Crippen LogP contribution in [0.25, 0.3) is 0 Å². The van der Waals surface area contributed by atoms with Gasteiger partial charge in [0.25, 0.3) is 5.91 Å². The molecule has 0 aromatic heterocycles. The molecule has 4 rings (SSSR count). The first kappa shape index (κ1) is 19.6. The number of nitrogens with zero attached hydrogens (tertiary/aromatic N) is 1. The van der Waals surface area contributed by atoms with E-state index in [1.165, 1.54) is 6.07 Å². The number of fused-ring (bicyclic) bond motifs is 1. The van der Waals surface area contributed by atoms with Gasteiger partial charge in [-0.2, -0.15) is 0 Å². The van der Waals surface area contributed by atoms with E-state index < -0.39 is 11.4 Å². The standard InChI is InChI=1S/C23H24FNO4/c1-15-6-7-16(11-20(15)24)10-17-4-2-3-5-19(17)21(26)25-12-18-13-29-9-8-23(18,14-25)22(27)28/h2-7,11,18H,8-10,12-14H2,1H3,(H,27,28)/t18-,23+/m1/s1. The van der Waals surface area contributed by atoms with Crippen molar-refractivity contribution in [3.63, 3.8) is 0 Å². The second-order valence-electron chi connectivity index (χ2n) is 8.09. The van der Waals surface area contributed by atoms with Gasteiger partial charge >= 0.3 is 5.97 Å². The van der Waals surface area contributed by atoms with Crippen LogP contribution in [0.4, 0.5) is 4.39 Å². The van der Waals surface area contributed by atoms with Crippen molar-refractivity contribution in [3.8, 4) is 0 Å². The van der Waals surface area contributed by atoms with Gasteiger partial charge in [-0.05, 0) is 48.6 Å². The number of aryl methyl sites for hydroxylation is 1. The Bertz CT molecular complexity index is 960. The molecule has 0 saturated carbocycles. The van der Waals surface area contributed by atoms with Crippen LogP contribution >= 0.6 is 0 Å². The highest BCUT2D eigenvalue weighted by molar-refractivity contribution is 5.96. The van der Waals surface area contributed by atoms with Gasteiger partial charge in [-0.1, -0.05) is 30.3 Å². The van der Waals surface area contributed by atoms with Crippen LogP contribution in [0.5, 0.6) is 0 Å². The van der Waals surface area contributed by atoms with Gasteiger partial charge in [-0.3, -0.25) is 9.59 Å². The van der Waals surface area contributed by atoms with Crippen LogP contribution in [-0.2, 0) is 16.0 Å². The summed E-state index contributed by atoms with van der Waals surface area (Å²) in [5, 5.41) is 9.84. The van der Waals surface area contributed by atoms with Crippen molar-refractivity contribution in [1.29, 1.82) is 0 Å². The fourth-order valence-corrected chi connectivity index (χ4v) is 4.47. The Labute approximate surface area is 169 Å². The maximum absolute atomic E-state index is 13.9. The number of hydrogen-bond acceptors (Lipinski definition) is 3. The van der Waals surface area contributed by atoms with Gasteiger partial charge in [0.05, 0.1) is 12.0 Å². The van der Waals surface area contributed by atoms with E-state index in [0.29, 0.717) is 43.7 Å². The Morgan fingerprint density at radius 3 is 2.79 bits per heavy atom. The number of ether oxygens (including phenoxy) is 1. The normalized spacial score (nSPS) is 23.7. The molecule has 2 aliphatic heterocycles. The summed E-state index contributed by atoms with van der Waals surface area (Å²) in [7, 11) is 0. The first-order chi connectivity index (χ1) is 13.9. The average molecular weight is 397 g/mol. The van der Waals surface area contributed by atoms with Crippen molar-refractivity contribution in [2.45, 2.75) is 19.8 Å². The molecule has 0 bridgehead atoms. The molecule has 2 heterocycles. The SMILES string of the molecule is Cc1ccc(Cc2ccccc2C(=O)N2C[C@@H]3COCC[C@]3(C(=O)O)C2)cc1F. The number of halogens is 1. The summed E-state index contributed by atoms with van der Waals surface area (Å²) in [6.07, 6.45) is 0.852. The van der Waals surface area contributed by atoms with Crippen LogP contribution in [0.1, 0.15) is 33.5 Å². The lowest BCUT2D eigenvalue weighted by Gasteiger charge is -2.33. The topological polar surface area (TPSA) is 66.8 Å². The molecule has 2 fully saturated rings. The Kier molecular flexibility index (Phi) is 5.13. The highest BCUT2D eigenvalue weighted by Crippen LogP contribution is 2.43. The predicted octanol–water partition coefficient (Wildman–Crippen LogP) is 3.29. The van der Waals surface area contributed by atoms with Crippen LogP contribution in [0.15, 0.2) is 42.5 Å². The summed E-state index contributed by atoms with van der Waals surface area (Å²) in [4.78, 5) is 26.9. The molecule has 2 aromatic rings. The molecule has 1 amide bonds. The van der Waals surface area contributed by atoms with Crippen LogP contribution in [-0.4, -0.2) is 48.2 Å².